The van der Waals surface area contributed by atoms with Gasteiger partial charge >= 0.3 is 0 Å². The van der Waals surface area contributed by atoms with Gasteiger partial charge in [0.2, 0.25) is 5.75 Å². The van der Waals surface area contributed by atoms with Crippen LogP contribution < -0.4 is 23.7 Å². The van der Waals surface area contributed by atoms with Gasteiger partial charge in [0.05, 0.1) is 50.8 Å². The topological polar surface area (TPSA) is 75.6 Å². The molecule has 0 radical (unpaired) electrons. The quantitative estimate of drug-likeness (QED) is 0.485. The van der Waals surface area contributed by atoms with Crippen molar-refractivity contribution in [1.82, 2.24) is 0 Å². The van der Waals surface area contributed by atoms with Crippen molar-refractivity contribution in [3.8, 4) is 28.7 Å². The van der Waals surface area contributed by atoms with Gasteiger partial charge in [-0.25, -0.2) is 0 Å². The van der Waals surface area contributed by atoms with Crippen LogP contribution in [0.1, 0.15) is 36.2 Å². The van der Waals surface area contributed by atoms with Crippen LogP contribution >= 0.6 is 22.6 Å². The van der Waals surface area contributed by atoms with E-state index in [1.165, 1.54) is 0 Å². The fourth-order valence-electron chi connectivity index (χ4n) is 3.63. The Kier molecular flexibility index (Phi) is 7.90. The fourth-order valence-corrected chi connectivity index (χ4v) is 4.41. The van der Waals surface area contributed by atoms with Gasteiger partial charge in [-0.05, 0) is 70.8 Å². The SMILES string of the molecule is COc1cc([C@@H]2CC[C@@H](c3cc(OC)c(OC)c(OC)c3)O2)cc(I)c1OCCO. The zero-order valence-corrected chi connectivity index (χ0v) is 19.7. The van der Waals surface area contributed by atoms with Crippen LogP contribution in [0.4, 0.5) is 0 Å². The van der Waals surface area contributed by atoms with Gasteiger partial charge in [-0.15, -0.1) is 0 Å². The van der Waals surface area contributed by atoms with Crippen molar-refractivity contribution < 1.29 is 33.5 Å². The van der Waals surface area contributed by atoms with Crippen LogP contribution in [0.25, 0.3) is 0 Å². The van der Waals surface area contributed by atoms with E-state index in [0.29, 0.717) is 28.7 Å². The molecule has 1 heterocycles. The van der Waals surface area contributed by atoms with E-state index in [9.17, 15) is 0 Å². The minimum atomic E-state index is -0.0855. The van der Waals surface area contributed by atoms with Crippen molar-refractivity contribution in [1.29, 1.82) is 0 Å². The highest BCUT2D eigenvalue weighted by molar-refractivity contribution is 14.1. The van der Waals surface area contributed by atoms with E-state index in [0.717, 1.165) is 27.5 Å². The van der Waals surface area contributed by atoms with E-state index < -0.39 is 0 Å². The molecule has 30 heavy (non-hydrogen) atoms. The first-order chi connectivity index (χ1) is 14.6. The van der Waals surface area contributed by atoms with E-state index >= 15 is 0 Å². The number of ether oxygens (including phenoxy) is 6. The highest BCUT2D eigenvalue weighted by Gasteiger charge is 2.30. The van der Waals surface area contributed by atoms with E-state index in [4.69, 9.17) is 33.5 Å². The van der Waals surface area contributed by atoms with Gasteiger partial charge in [0.15, 0.2) is 23.0 Å². The summed E-state index contributed by atoms with van der Waals surface area (Å²) in [6.45, 7) is 0.165. The van der Waals surface area contributed by atoms with Crippen LogP contribution in [-0.4, -0.2) is 46.8 Å². The maximum absolute atomic E-state index is 9.04. The Bertz CT molecular complexity index is 846. The third-order valence-corrected chi connectivity index (χ3v) is 5.84. The van der Waals surface area contributed by atoms with Crippen LogP contribution in [-0.2, 0) is 4.74 Å². The minimum absolute atomic E-state index is 0.0524. The van der Waals surface area contributed by atoms with Gasteiger partial charge in [-0.1, -0.05) is 0 Å². The number of aliphatic hydroxyl groups is 1. The molecule has 0 unspecified atom stereocenters. The fraction of sp³-hybridized carbons (Fsp3) is 0.455. The van der Waals surface area contributed by atoms with Crippen LogP contribution in [0.15, 0.2) is 24.3 Å². The van der Waals surface area contributed by atoms with Gasteiger partial charge < -0.3 is 33.5 Å². The molecule has 0 aliphatic carbocycles. The Hall–Kier alpha value is -1.91. The Balaban J connectivity index is 1.84. The predicted octanol–water partition coefficient (Wildman–Crippen LogP) is 4.29. The third-order valence-electron chi connectivity index (χ3n) is 5.04. The standard InChI is InChI=1S/C22H27IO7/c1-25-18-10-13(9-15(23)21(18)29-8-7-24)16-5-6-17(30-16)14-11-19(26-2)22(28-4)20(12-14)27-3/h9-12,16-17,24H,5-8H2,1-4H3/t16-,17-/m0/s1. The molecule has 1 saturated heterocycles. The predicted molar refractivity (Wildman–Crippen MR) is 120 cm³/mol. The number of rotatable bonds is 9. The molecule has 2 aromatic rings. The smallest absolute Gasteiger partial charge is 0.203 e. The second-order valence-electron chi connectivity index (χ2n) is 6.76. The molecule has 1 aliphatic heterocycles. The first-order valence-corrected chi connectivity index (χ1v) is 10.7. The van der Waals surface area contributed by atoms with Crippen LogP contribution in [0.2, 0.25) is 0 Å². The van der Waals surface area contributed by atoms with Gasteiger partial charge in [0, 0.05) is 0 Å². The summed E-state index contributed by atoms with van der Waals surface area (Å²) in [4.78, 5) is 0. The average Bonchev–Trinajstić information content (AvgIpc) is 3.27. The molecule has 0 saturated carbocycles. The maximum Gasteiger partial charge on any atom is 0.203 e. The Morgan fingerprint density at radius 2 is 1.33 bits per heavy atom. The lowest BCUT2D eigenvalue weighted by molar-refractivity contribution is 0.0436. The summed E-state index contributed by atoms with van der Waals surface area (Å²) in [5.41, 5.74) is 2.01. The van der Waals surface area contributed by atoms with Crippen LogP contribution in [0, 0.1) is 3.57 Å². The normalized spacial score (nSPS) is 18.2. The first-order valence-electron chi connectivity index (χ1n) is 9.62. The zero-order valence-electron chi connectivity index (χ0n) is 17.6. The van der Waals surface area contributed by atoms with Crippen molar-refractivity contribution in [2.45, 2.75) is 25.0 Å². The summed E-state index contributed by atoms with van der Waals surface area (Å²) in [5.74, 6) is 3.05. The molecule has 2 atom stereocenters. The summed E-state index contributed by atoms with van der Waals surface area (Å²) in [6.07, 6.45) is 1.59. The molecule has 1 N–H and O–H groups in total. The summed E-state index contributed by atoms with van der Waals surface area (Å²) < 4.78 is 34.8. The highest BCUT2D eigenvalue weighted by Crippen LogP contribution is 2.47. The molecule has 164 valence electrons. The summed E-state index contributed by atoms with van der Waals surface area (Å²) >= 11 is 2.22. The lowest BCUT2D eigenvalue weighted by atomic mass is 10.0. The molecule has 0 spiro atoms. The molecule has 1 fully saturated rings. The van der Waals surface area contributed by atoms with Crippen LogP contribution in [0.5, 0.6) is 28.7 Å². The lowest BCUT2D eigenvalue weighted by Crippen LogP contribution is -2.06. The van der Waals surface area contributed by atoms with E-state index in [1.54, 1.807) is 28.4 Å². The molecular formula is C22H27IO7. The number of benzene rings is 2. The van der Waals surface area contributed by atoms with E-state index in [-0.39, 0.29) is 25.4 Å². The molecule has 0 bridgehead atoms. The molecule has 0 amide bonds. The second-order valence-corrected chi connectivity index (χ2v) is 7.92. The average molecular weight is 530 g/mol. The zero-order chi connectivity index (χ0) is 21.7. The summed E-state index contributed by atoms with van der Waals surface area (Å²) in [5, 5.41) is 9.04. The summed E-state index contributed by atoms with van der Waals surface area (Å²) in [6, 6.07) is 7.85. The molecule has 3 rings (SSSR count). The molecule has 8 heteroatoms. The lowest BCUT2D eigenvalue weighted by Gasteiger charge is -2.19. The number of halogens is 1. The van der Waals surface area contributed by atoms with E-state index in [1.807, 2.05) is 24.3 Å². The Labute approximate surface area is 190 Å². The van der Waals surface area contributed by atoms with Crippen molar-refractivity contribution in [2.24, 2.45) is 0 Å². The molecule has 2 aromatic carbocycles. The maximum atomic E-state index is 9.04. The largest absolute Gasteiger partial charge is 0.493 e. The van der Waals surface area contributed by atoms with Crippen molar-refractivity contribution in [2.75, 3.05) is 41.7 Å². The van der Waals surface area contributed by atoms with Gasteiger partial charge in [-0.2, -0.15) is 0 Å². The molecule has 1 aliphatic rings. The number of aliphatic hydroxyl groups excluding tert-OH is 1. The van der Waals surface area contributed by atoms with Gasteiger partial charge in [0.1, 0.15) is 6.61 Å². The van der Waals surface area contributed by atoms with Crippen molar-refractivity contribution in [3.05, 3.63) is 39.0 Å². The number of hydrogen-bond donors (Lipinski definition) is 1. The molecular weight excluding hydrogens is 503 g/mol. The van der Waals surface area contributed by atoms with Gasteiger partial charge in [-0.3, -0.25) is 0 Å². The summed E-state index contributed by atoms with van der Waals surface area (Å²) in [7, 11) is 6.41. The number of methoxy groups -OCH3 is 4. The highest BCUT2D eigenvalue weighted by atomic mass is 127. The molecule has 0 aromatic heterocycles. The second kappa shape index (κ2) is 10.4. The van der Waals surface area contributed by atoms with Crippen LogP contribution in [0.3, 0.4) is 0 Å². The van der Waals surface area contributed by atoms with Crippen molar-refractivity contribution >= 4 is 22.6 Å². The minimum Gasteiger partial charge on any atom is -0.493 e. The first kappa shape index (κ1) is 22.8. The van der Waals surface area contributed by atoms with Crippen molar-refractivity contribution in [3.63, 3.8) is 0 Å². The monoisotopic (exact) mass is 530 g/mol. The van der Waals surface area contributed by atoms with E-state index in [2.05, 4.69) is 22.6 Å². The number of hydrogen-bond acceptors (Lipinski definition) is 7. The third kappa shape index (κ3) is 4.70. The van der Waals surface area contributed by atoms with Gasteiger partial charge in [0.25, 0.3) is 0 Å². The Morgan fingerprint density at radius 1 is 0.833 bits per heavy atom. The molecule has 7 nitrogen and oxygen atoms in total. The Morgan fingerprint density at radius 3 is 1.80 bits per heavy atom.